The minimum absolute atomic E-state index is 0.0136. The van der Waals surface area contributed by atoms with E-state index in [-0.39, 0.29) is 17.5 Å². The molecule has 1 atom stereocenters. The molecule has 2 aromatic rings. The Morgan fingerprint density at radius 1 is 1.18 bits per heavy atom. The van der Waals surface area contributed by atoms with Crippen molar-refractivity contribution in [1.82, 2.24) is 20.0 Å². The molecule has 1 aromatic carbocycles. The molecule has 1 amide bonds. The zero-order valence-corrected chi connectivity index (χ0v) is 17.1. The third kappa shape index (κ3) is 4.78. The molecule has 0 unspecified atom stereocenters. The fourth-order valence-electron chi connectivity index (χ4n) is 3.59. The Kier molecular flexibility index (Phi) is 6.14. The molecule has 1 saturated heterocycles. The number of amides is 1. The van der Waals surface area contributed by atoms with Gasteiger partial charge in [0.2, 0.25) is 5.91 Å². The van der Waals surface area contributed by atoms with Gasteiger partial charge in [0.1, 0.15) is 0 Å². The van der Waals surface area contributed by atoms with Crippen molar-refractivity contribution in [3.8, 4) is 0 Å². The van der Waals surface area contributed by atoms with E-state index in [4.69, 9.17) is 0 Å². The number of aryl methyl sites for hydroxylation is 3. The van der Waals surface area contributed by atoms with Gasteiger partial charge in [0.05, 0.1) is 24.5 Å². The second-order valence-electron chi connectivity index (χ2n) is 7.59. The first-order valence-corrected chi connectivity index (χ1v) is 9.70. The highest BCUT2D eigenvalue weighted by molar-refractivity contribution is 5.78. The minimum Gasteiger partial charge on any atom is -0.368 e. The van der Waals surface area contributed by atoms with E-state index in [0.29, 0.717) is 6.54 Å². The molecular weight excluding hydrogens is 354 g/mol. The summed E-state index contributed by atoms with van der Waals surface area (Å²) < 4.78 is 1.32. The molecule has 0 radical (unpaired) electrons. The van der Waals surface area contributed by atoms with E-state index in [1.54, 1.807) is 19.3 Å². The largest absolute Gasteiger partial charge is 0.368 e. The molecule has 7 nitrogen and oxygen atoms in total. The molecule has 0 spiro atoms. The number of hydrogen-bond acceptors (Lipinski definition) is 5. The zero-order chi connectivity index (χ0) is 20.3. The number of nitrogens with one attached hydrogen (secondary N) is 1. The van der Waals surface area contributed by atoms with Gasteiger partial charge in [-0.05, 0) is 31.9 Å². The second kappa shape index (κ2) is 8.56. The number of rotatable bonds is 5. The summed E-state index contributed by atoms with van der Waals surface area (Å²) in [6.45, 7) is 9.65. The van der Waals surface area contributed by atoms with Crippen LogP contribution in [0.3, 0.4) is 0 Å². The Balaban J connectivity index is 1.51. The summed E-state index contributed by atoms with van der Waals surface area (Å²) in [5.74, 6) is 0.0390. The lowest BCUT2D eigenvalue weighted by molar-refractivity contribution is -0.123. The van der Waals surface area contributed by atoms with Crippen LogP contribution in [0.1, 0.15) is 29.7 Å². The van der Waals surface area contributed by atoms with Crippen LogP contribution >= 0.6 is 0 Å². The van der Waals surface area contributed by atoms with Gasteiger partial charge in [-0.2, -0.15) is 5.10 Å². The highest BCUT2D eigenvalue weighted by Crippen LogP contribution is 2.19. The smallest absolute Gasteiger partial charge is 0.268 e. The summed E-state index contributed by atoms with van der Waals surface area (Å²) in [5.41, 5.74) is 4.28. The first-order valence-electron chi connectivity index (χ1n) is 9.70. The molecule has 1 aliphatic rings. The highest BCUT2D eigenvalue weighted by Gasteiger charge is 2.21. The average Bonchev–Trinajstić information content (AvgIpc) is 2.66. The Labute approximate surface area is 166 Å². The molecular formula is C21H29N5O2. The topological polar surface area (TPSA) is 70.5 Å². The number of benzene rings is 1. The summed E-state index contributed by atoms with van der Waals surface area (Å²) in [6, 6.07) is 7.92. The van der Waals surface area contributed by atoms with E-state index in [0.717, 1.165) is 37.4 Å². The molecule has 2 heterocycles. The standard InChI is InChI=1S/C21H29N5O2/c1-15-5-6-16(2)19(11-15)17(3)23-20(27)14-25-7-9-26(10-8-25)18-12-21(28)24(4)22-13-18/h5-6,11-13,17H,7-10,14H2,1-4H3,(H,23,27)/t17-/m0/s1. The van der Waals surface area contributed by atoms with E-state index >= 15 is 0 Å². The van der Waals surface area contributed by atoms with Crippen LogP contribution in [0.2, 0.25) is 0 Å². The number of aromatic nitrogens is 2. The molecule has 1 N–H and O–H groups in total. The fourth-order valence-corrected chi connectivity index (χ4v) is 3.59. The van der Waals surface area contributed by atoms with Gasteiger partial charge in [-0.1, -0.05) is 23.8 Å². The van der Waals surface area contributed by atoms with Crippen molar-refractivity contribution in [2.75, 3.05) is 37.6 Å². The Morgan fingerprint density at radius 2 is 1.89 bits per heavy atom. The lowest BCUT2D eigenvalue weighted by atomic mass is 10.00. The predicted octanol–water partition coefficient (Wildman–Crippen LogP) is 1.40. The fraction of sp³-hybridized carbons (Fsp3) is 0.476. The van der Waals surface area contributed by atoms with Gasteiger partial charge in [0.25, 0.3) is 5.56 Å². The average molecular weight is 383 g/mol. The maximum Gasteiger partial charge on any atom is 0.268 e. The summed E-state index contributed by atoms with van der Waals surface area (Å²) >= 11 is 0. The molecule has 7 heteroatoms. The monoisotopic (exact) mass is 383 g/mol. The molecule has 1 aromatic heterocycles. The van der Waals surface area contributed by atoms with E-state index in [1.807, 2.05) is 6.92 Å². The first kappa shape index (κ1) is 20.1. The van der Waals surface area contributed by atoms with Gasteiger partial charge < -0.3 is 10.2 Å². The predicted molar refractivity (Wildman–Crippen MR) is 111 cm³/mol. The van der Waals surface area contributed by atoms with E-state index < -0.39 is 0 Å². The van der Waals surface area contributed by atoms with Gasteiger partial charge in [0, 0.05) is 39.3 Å². The van der Waals surface area contributed by atoms with Crippen molar-refractivity contribution >= 4 is 11.6 Å². The van der Waals surface area contributed by atoms with Crippen LogP contribution in [0, 0.1) is 13.8 Å². The summed E-state index contributed by atoms with van der Waals surface area (Å²) in [4.78, 5) is 28.6. The third-order valence-corrected chi connectivity index (χ3v) is 5.34. The van der Waals surface area contributed by atoms with Crippen molar-refractivity contribution < 1.29 is 4.79 Å². The number of carbonyl (C=O) groups is 1. The second-order valence-corrected chi connectivity index (χ2v) is 7.59. The van der Waals surface area contributed by atoms with Crippen molar-refractivity contribution in [3.63, 3.8) is 0 Å². The quantitative estimate of drug-likeness (QED) is 0.845. The zero-order valence-electron chi connectivity index (χ0n) is 17.1. The molecule has 150 valence electrons. The summed E-state index contributed by atoms with van der Waals surface area (Å²) in [5, 5.41) is 7.20. The summed E-state index contributed by atoms with van der Waals surface area (Å²) in [7, 11) is 1.64. The Morgan fingerprint density at radius 3 is 2.57 bits per heavy atom. The first-order chi connectivity index (χ1) is 13.3. The van der Waals surface area contributed by atoms with Gasteiger partial charge in [0.15, 0.2) is 0 Å². The van der Waals surface area contributed by atoms with Crippen LogP contribution in [0.15, 0.2) is 35.3 Å². The van der Waals surface area contributed by atoms with Crippen molar-refractivity contribution in [2.45, 2.75) is 26.8 Å². The number of hydrogen-bond donors (Lipinski definition) is 1. The lowest BCUT2D eigenvalue weighted by Gasteiger charge is -2.35. The van der Waals surface area contributed by atoms with Crippen LogP contribution in [-0.4, -0.2) is 53.3 Å². The maximum atomic E-state index is 12.5. The number of carbonyl (C=O) groups excluding carboxylic acids is 1. The van der Waals surface area contributed by atoms with Crippen molar-refractivity contribution in [3.05, 3.63) is 57.5 Å². The molecule has 0 bridgehead atoms. The van der Waals surface area contributed by atoms with E-state index in [9.17, 15) is 9.59 Å². The third-order valence-electron chi connectivity index (χ3n) is 5.34. The Bertz CT molecular complexity index is 900. The van der Waals surface area contributed by atoms with E-state index in [2.05, 4.69) is 52.3 Å². The van der Waals surface area contributed by atoms with Crippen LogP contribution in [0.5, 0.6) is 0 Å². The van der Waals surface area contributed by atoms with Crippen LogP contribution in [0.4, 0.5) is 5.69 Å². The summed E-state index contributed by atoms with van der Waals surface area (Å²) in [6.07, 6.45) is 1.72. The van der Waals surface area contributed by atoms with Crippen LogP contribution in [-0.2, 0) is 11.8 Å². The maximum absolute atomic E-state index is 12.5. The van der Waals surface area contributed by atoms with Crippen LogP contribution < -0.4 is 15.8 Å². The normalized spacial score (nSPS) is 16.1. The lowest BCUT2D eigenvalue weighted by Crippen LogP contribution is -2.50. The van der Waals surface area contributed by atoms with Crippen molar-refractivity contribution in [1.29, 1.82) is 0 Å². The van der Waals surface area contributed by atoms with Crippen molar-refractivity contribution in [2.24, 2.45) is 7.05 Å². The molecule has 1 fully saturated rings. The minimum atomic E-state index is -0.111. The van der Waals surface area contributed by atoms with Gasteiger partial charge in [-0.15, -0.1) is 0 Å². The number of nitrogens with zero attached hydrogens (tertiary/aromatic N) is 4. The molecule has 3 rings (SSSR count). The van der Waals surface area contributed by atoms with E-state index in [1.165, 1.54) is 15.8 Å². The van der Waals surface area contributed by atoms with Gasteiger partial charge >= 0.3 is 0 Å². The highest BCUT2D eigenvalue weighted by atomic mass is 16.2. The molecule has 0 saturated carbocycles. The number of anilines is 1. The molecule has 28 heavy (non-hydrogen) atoms. The van der Waals surface area contributed by atoms with Crippen LogP contribution in [0.25, 0.3) is 0 Å². The number of piperazine rings is 1. The molecule has 0 aliphatic carbocycles. The SMILES string of the molecule is Cc1ccc(C)c([C@H](C)NC(=O)CN2CCN(c3cnn(C)c(=O)c3)CC2)c1. The van der Waals surface area contributed by atoms with Gasteiger partial charge in [-0.3, -0.25) is 14.5 Å². The Hall–Kier alpha value is -2.67. The van der Waals surface area contributed by atoms with Gasteiger partial charge in [-0.25, -0.2) is 4.68 Å². The molecule has 1 aliphatic heterocycles.